The van der Waals surface area contributed by atoms with Crippen LogP contribution in [-0.2, 0) is 10.2 Å². The van der Waals surface area contributed by atoms with Crippen LogP contribution in [0.5, 0.6) is 5.75 Å². The van der Waals surface area contributed by atoms with E-state index in [0.29, 0.717) is 10.6 Å². The zero-order valence-electron chi connectivity index (χ0n) is 8.03. The number of phenolic OH excluding ortho intramolecular Hbond substituents is 1. The number of hydrogen-bond donors (Lipinski definition) is 2. The van der Waals surface area contributed by atoms with Crippen LogP contribution in [0.25, 0.3) is 0 Å². The van der Waals surface area contributed by atoms with Gasteiger partial charge in [0.25, 0.3) is 0 Å². The lowest BCUT2D eigenvalue weighted by Crippen LogP contribution is -2.13. The molecule has 4 heteroatoms. The van der Waals surface area contributed by atoms with E-state index in [1.807, 2.05) is 0 Å². The Morgan fingerprint density at radius 1 is 1.47 bits per heavy atom. The second kappa shape index (κ2) is 3.42. The number of aliphatic carboxylic acids is 1. The number of carboxylic acids is 1. The van der Waals surface area contributed by atoms with E-state index in [0.717, 1.165) is 12.8 Å². The fourth-order valence-electron chi connectivity index (χ4n) is 1.99. The minimum atomic E-state index is -0.855. The lowest BCUT2D eigenvalue weighted by Gasteiger charge is -2.16. The van der Waals surface area contributed by atoms with E-state index in [2.05, 4.69) is 0 Å². The van der Waals surface area contributed by atoms with Crippen LogP contribution in [0.3, 0.4) is 0 Å². The van der Waals surface area contributed by atoms with Crippen LogP contribution in [0.15, 0.2) is 18.2 Å². The Morgan fingerprint density at radius 2 is 2.13 bits per heavy atom. The van der Waals surface area contributed by atoms with Crippen molar-refractivity contribution >= 4 is 17.6 Å². The van der Waals surface area contributed by atoms with Gasteiger partial charge < -0.3 is 10.2 Å². The van der Waals surface area contributed by atoms with Gasteiger partial charge in [-0.1, -0.05) is 17.7 Å². The van der Waals surface area contributed by atoms with Crippen LogP contribution in [0.2, 0.25) is 5.02 Å². The van der Waals surface area contributed by atoms with Gasteiger partial charge in [0, 0.05) is 16.0 Å². The molecular weight excluding hydrogens is 216 g/mol. The number of benzene rings is 1. The Kier molecular flexibility index (Phi) is 2.35. The number of carboxylic acid groups (broad SMARTS) is 1. The maximum Gasteiger partial charge on any atom is 0.304 e. The summed E-state index contributed by atoms with van der Waals surface area (Å²) in [6.07, 6.45) is 1.58. The van der Waals surface area contributed by atoms with E-state index < -0.39 is 11.4 Å². The molecule has 0 atom stereocenters. The topological polar surface area (TPSA) is 57.5 Å². The van der Waals surface area contributed by atoms with Gasteiger partial charge in [0.05, 0.1) is 6.42 Å². The lowest BCUT2D eigenvalue weighted by atomic mass is 9.91. The molecule has 0 amide bonds. The highest BCUT2D eigenvalue weighted by atomic mass is 35.5. The zero-order chi connectivity index (χ0) is 11.1. The van der Waals surface area contributed by atoms with Gasteiger partial charge in [-0.3, -0.25) is 4.79 Å². The standard InChI is InChI=1S/C11H11ClO3/c12-7-2-1-3-8(13)10(7)11(4-5-11)6-9(14)15/h1-3,13H,4-6H2,(H,14,15). The molecule has 1 fully saturated rings. The molecule has 80 valence electrons. The van der Waals surface area contributed by atoms with Gasteiger partial charge in [0.2, 0.25) is 0 Å². The minimum absolute atomic E-state index is 0.0320. The van der Waals surface area contributed by atoms with Gasteiger partial charge in [0.15, 0.2) is 0 Å². The van der Waals surface area contributed by atoms with Crippen molar-refractivity contribution in [2.75, 3.05) is 0 Å². The number of halogens is 1. The summed E-state index contributed by atoms with van der Waals surface area (Å²) in [7, 11) is 0. The minimum Gasteiger partial charge on any atom is -0.508 e. The van der Waals surface area contributed by atoms with Crippen molar-refractivity contribution in [1.29, 1.82) is 0 Å². The molecule has 1 aliphatic rings. The van der Waals surface area contributed by atoms with Gasteiger partial charge in [-0.15, -0.1) is 0 Å². The third-order valence-electron chi connectivity index (χ3n) is 2.87. The average Bonchev–Trinajstić information content (AvgIpc) is 2.83. The molecule has 0 aromatic heterocycles. The van der Waals surface area contributed by atoms with Crippen LogP contribution in [-0.4, -0.2) is 16.2 Å². The largest absolute Gasteiger partial charge is 0.508 e. The monoisotopic (exact) mass is 226 g/mol. The van der Waals surface area contributed by atoms with Crippen molar-refractivity contribution in [2.45, 2.75) is 24.7 Å². The lowest BCUT2D eigenvalue weighted by molar-refractivity contribution is -0.137. The first-order valence-electron chi connectivity index (χ1n) is 4.75. The molecule has 2 rings (SSSR count). The maximum atomic E-state index is 10.7. The summed E-state index contributed by atoms with van der Waals surface area (Å²) >= 11 is 5.98. The summed E-state index contributed by atoms with van der Waals surface area (Å²) in [6, 6.07) is 4.87. The average molecular weight is 227 g/mol. The van der Waals surface area contributed by atoms with Crippen molar-refractivity contribution in [3.63, 3.8) is 0 Å². The molecule has 2 N–H and O–H groups in total. The number of rotatable bonds is 3. The van der Waals surface area contributed by atoms with Gasteiger partial charge in [-0.2, -0.15) is 0 Å². The summed E-state index contributed by atoms with van der Waals surface area (Å²) in [5.74, 6) is -0.756. The molecule has 0 aliphatic heterocycles. The summed E-state index contributed by atoms with van der Waals surface area (Å²) in [6.45, 7) is 0. The van der Waals surface area contributed by atoms with Crippen molar-refractivity contribution < 1.29 is 15.0 Å². The second-order valence-corrected chi connectivity index (χ2v) is 4.39. The normalized spacial score (nSPS) is 17.4. The summed E-state index contributed by atoms with van der Waals surface area (Å²) in [5.41, 5.74) is 0.155. The number of carbonyl (C=O) groups is 1. The Morgan fingerprint density at radius 3 is 2.60 bits per heavy atom. The van der Waals surface area contributed by atoms with Crippen molar-refractivity contribution in [3.05, 3.63) is 28.8 Å². The van der Waals surface area contributed by atoms with Crippen LogP contribution >= 0.6 is 11.6 Å². The molecule has 1 saturated carbocycles. The van der Waals surface area contributed by atoms with Gasteiger partial charge in [0.1, 0.15) is 5.75 Å². The van der Waals surface area contributed by atoms with Gasteiger partial charge in [-0.25, -0.2) is 0 Å². The third kappa shape index (κ3) is 1.79. The molecular formula is C11H11ClO3. The van der Waals surface area contributed by atoms with E-state index in [4.69, 9.17) is 16.7 Å². The van der Waals surface area contributed by atoms with Crippen molar-refractivity contribution in [2.24, 2.45) is 0 Å². The summed E-state index contributed by atoms with van der Waals surface area (Å²) < 4.78 is 0. The van der Waals surface area contributed by atoms with E-state index in [1.165, 1.54) is 0 Å². The molecule has 0 saturated heterocycles. The van der Waals surface area contributed by atoms with E-state index in [9.17, 15) is 9.90 Å². The third-order valence-corrected chi connectivity index (χ3v) is 3.18. The molecule has 0 heterocycles. The fourth-order valence-corrected chi connectivity index (χ4v) is 2.36. The Labute approximate surface area is 92.3 Å². The zero-order valence-corrected chi connectivity index (χ0v) is 8.79. The van der Waals surface area contributed by atoms with Crippen molar-refractivity contribution in [1.82, 2.24) is 0 Å². The molecule has 0 spiro atoms. The van der Waals surface area contributed by atoms with Crippen LogP contribution in [0.4, 0.5) is 0 Å². The van der Waals surface area contributed by atoms with Gasteiger partial charge in [-0.05, 0) is 25.0 Å². The first kappa shape index (κ1) is 10.3. The second-order valence-electron chi connectivity index (χ2n) is 3.98. The predicted octanol–water partition coefficient (Wildman–Crippen LogP) is 2.55. The fraction of sp³-hybridized carbons (Fsp3) is 0.364. The Bertz CT molecular complexity index is 390. The molecule has 3 nitrogen and oxygen atoms in total. The molecule has 15 heavy (non-hydrogen) atoms. The maximum absolute atomic E-state index is 10.7. The molecule has 0 radical (unpaired) electrons. The molecule has 1 aromatic carbocycles. The number of phenols is 1. The number of hydrogen-bond acceptors (Lipinski definition) is 2. The first-order valence-corrected chi connectivity index (χ1v) is 5.13. The SMILES string of the molecule is O=C(O)CC1(c2c(O)cccc2Cl)CC1. The van der Waals surface area contributed by atoms with Crippen LogP contribution < -0.4 is 0 Å². The van der Waals surface area contributed by atoms with Crippen LogP contribution in [0.1, 0.15) is 24.8 Å². The van der Waals surface area contributed by atoms with Crippen LogP contribution in [0, 0.1) is 0 Å². The smallest absolute Gasteiger partial charge is 0.304 e. The number of aromatic hydroxyl groups is 1. The molecule has 1 aromatic rings. The van der Waals surface area contributed by atoms with Crippen molar-refractivity contribution in [3.8, 4) is 5.75 Å². The summed E-state index contributed by atoms with van der Waals surface area (Å²) in [4.78, 5) is 10.7. The highest BCUT2D eigenvalue weighted by Gasteiger charge is 2.48. The van der Waals surface area contributed by atoms with Gasteiger partial charge >= 0.3 is 5.97 Å². The molecule has 0 bridgehead atoms. The Hall–Kier alpha value is -1.22. The van der Waals surface area contributed by atoms with E-state index in [1.54, 1.807) is 18.2 Å². The predicted molar refractivity (Wildman–Crippen MR) is 56.3 cm³/mol. The first-order chi connectivity index (χ1) is 7.05. The Balaban J connectivity index is 2.41. The highest BCUT2D eigenvalue weighted by molar-refractivity contribution is 6.31. The quantitative estimate of drug-likeness (QED) is 0.833. The van der Waals surface area contributed by atoms with E-state index >= 15 is 0 Å². The highest BCUT2D eigenvalue weighted by Crippen LogP contribution is 2.55. The molecule has 0 unspecified atom stereocenters. The molecule has 1 aliphatic carbocycles. The van der Waals surface area contributed by atoms with E-state index in [-0.39, 0.29) is 12.2 Å². The summed E-state index contributed by atoms with van der Waals surface area (Å²) in [5, 5.41) is 19.0.